The van der Waals surface area contributed by atoms with Gasteiger partial charge in [0.05, 0.1) is 17.7 Å². The number of aliphatic carboxylic acids is 1. The first kappa shape index (κ1) is 16.5. The van der Waals surface area contributed by atoms with Crippen LogP contribution in [-0.4, -0.2) is 21.0 Å². The standard InChI is InChI=1S/C21H18N2O2/c1-2-3-15-4-9-17(10-5-15)20-21(23-14-22-20)18-11-6-16(7-12-18)8-13-19(24)25/h2-14H,1H3,(H,22,23)(H,24,25)/b3-2+,13-8+. The number of carbonyl (C=O) groups is 1. The van der Waals surface area contributed by atoms with E-state index in [1.807, 2.05) is 37.3 Å². The molecule has 25 heavy (non-hydrogen) atoms. The average molecular weight is 330 g/mol. The minimum Gasteiger partial charge on any atom is -0.478 e. The van der Waals surface area contributed by atoms with E-state index in [4.69, 9.17) is 5.11 Å². The first-order valence-corrected chi connectivity index (χ1v) is 7.95. The molecule has 0 radical (unpaired) electrons. The van der Waals surface area contributed by atoms with E-state index in [9.17, 15) is 4.79 Å². The molecule has 0 unspecified atom stereocenters. The van der Waals surface area contributed by atoms with Crippen molar-refractivity contribution < 1.29 is 9.90 Å². The van der Waals surface area contributed by atoms with Gasteiger partial charge >= 0.3 is 5.97 Å². The van der Waals surface area contributed by atoms with Crippen LogP contribution in [0.15, 0.2) is 67.0 Å². The fourth-order valence-corrected chi connectivity index (χ4v) is 2.61. The van der Waals surface area contributed by atoms with Gasteiger partial charge in [0.1, 0.15) is 0 Å². The summed E-state index contributed by atoms with van der Waals surface area (Å²) in [6, 6.07) is 15.9. The van der Waals surface area contributed by atoms with Gasteiger partial charge in [0, 0.05) is 17.2 Å². The second-order valence-corrected chi connectivity index (χ2v) is 5.54. The summed E-state index contributed by atoms with van der Waals surface area (Å²) in [5.74, 6) is -0.958. The second kappa shape index (κ2) is 7.45. The molecule has 3 rings (SSSR count). The van der Waals surface area contributed by atoms with E-state index in [-0.39, 0.29) is 0 Å². The number of allylic oxidation sites excluding steroid dienone is 1. The third-order valence-electron chi connectivity index (χ3n) is 3.80. The predicted molar refractivity (Wildman–Crippen MR) is 101 cm³/mol. The summed E-state index contributed by atoms with van der Waals surface area (Å²) in [6.07, 6.45) is 8.44. The zero-order valence-electron chi connectivity index (χ0n) is 13.8. The van der Waals surface area contributed by atoms with Crippen LogP contribution < -0.4 is 0 Å². The molecular weight excluding hydrogens is 312 g/mol. The topological polar surface area (TPSA) is 66.0 Å². The molecule has 0 fully saturated rings. The molecule has 124 valence electrons. The first-order chi connectivity index (χ1) is 12.2. The summed E-state index contributed by atoms with van der Waals surface area (Å²) in [5, 5.41) is 8.69. The van der Waals surface area contributed by atoms with Crippen LogP contribution in [0.3, 0.4) is 0 Å². The lowest BCUT2D eigenvalue weighted by molar-refractivity contribution is -0.131. The molecule has 0 aliphatic rings. The molecule has 1 heterocycles. The number of hydrogen-bond donors (Lipinski definition) is 2. The molecule has 2 aromatic carbocycles. The van der Waals surface area contributed by atoms with Gasteiger partial charge in [-0.1, -0.05) is 60.7 Å². The monoisotopic (exact) mass is 330 g/mol. The van der Waals surface area contributed by atoms with Crippen LogP contribution >= 0.6 is 0 Å². The number of benzene rings is 2. The van der Waals surface area contributed by atoms with Crippen molar-refractivity contribution in [1.29, 1.82) is 0 Å². The maximum atomic E-state index is 10.6. The molecule has 0 aliphatic heterocycles. The van der Waals surface area contributed by atoms with E-state index >= 15 is 0 Å². The lowest BCUT2D eigenvalue weighted by atomic mass is 10.0. The van der Waals surface area contributed by atoms with Gasteiger partial charge in [-0.05, 0) is 24.1 Å². The van der Waals surface area contributed by atoms with Crippen molar-refractivity contribution in [3.8, 4) is 22.5 Å². The number of nitrogens with zero attached hydrogens (tertiary/aromatic N) is 1. The summed E-state index contributed by atoms with van der Waals surface area (Å²) in [5.41, 5.74) is 5.85. The van der Waals surface area contributed by atoms with Crippen LogP contribution in [-0.2, 0) is 4.79 Å². The third kappa shape index (κ3) is 3.93. The van der Waals surface area contributed by atoms with Crippen molar-refractivity contribution in [2.24, 2.45) is 0 Å². The summed E-state index contributed by atoms with van der Waals surface area (Å²) >= 11 is 0. The van der Waals surface area contributed by atoms with Crippen molar-refractivity contribution in [3.63, 3.8) is 0 Å². The Morgan fingerprint density at radius 1 is 0.960 bits per heavy atom. The van der Waals surface area contributed by atoms with E-state index in [1.165, 1.54) is 0 Å². The number of aromatic amines is 1. The lowest BCUT2D eigenvalue weighted by Gasteiger charge is -2.05. The fraction of sp³-hybridized carbons (Fsp3) is 0.0476. The van der Waals surface area contributed by atoms with Gasteiger partial charge in [-0.2, -0.15) is 0 Å². The van der Waals surface area contributed by atoms with Crippen molar-refractivity contribution in [1.82, 2.24) is 9.97 Å². The van der Waals surface area contributed by atoms with Crippen LogP contribution in [0.1, 0.15) is 18.1 Å². The second-order valence-electron chi connectivity index (χ2n) is 5.54. The molecule has 4 nitrogen and oxygen atoms in total. The highest BCUT2D eigenvalue weighted by Crippen LogP contribution is 2.29. The molecule has 0 saturated carbocycles. The van der Waals surface area contributed by atoms with Gasteiger partial charge in [-0.25, -0.2) is 9.78 Å². The van der Waals surface area contributed by atoms with E-state index < -0.39 is 5.97 Å². The van der Waals surface area contributed by atoms with Crippen molar-refractivity contribution in [3.05, 3.63) is 78.1 Å². The SMILES string of the molecule is C/C=C/c1ccc(-c2[nH]cnc2-c2ccc(/C=C/C(=O)O)cc2)cc1. The quantitative estimate of drug-likeness (QED) is 0.656. The van der Waals surface area contributed by atoms with Crippen LogP contribution in [0.4, 0.5) is 0 Å². The normalized spacial score (nSPS) is 11.4. The Hall–Kier alpha value is -3.40. The molecule has 0 spiro atoms. The molecule has 3 aromatic rings. The molecule has 4 heteroatoms. The van der Waals surface area contributed by atoms with Crippen LogP contribution in [0.5, 0.6) is 0 Å². The average Bonchev–Trinajstić information content (AvgIpc) is 3.11. The number of carboxylic acids is 1. The summed E-state index contributed by atoms with van der Waals surface area (Å²) in [6.45, 7) is 2.00. The zero-order chi connectivity index (χ0) is 17.6. The number of imidazole rings is 1. The maximum absolute atomic E-state index is 10.6. The highest BCUT2D eigenvalue weighted by atomic mass is 16.4. The third-order valence-corrected chi connectivity index (χ3v) is 3.80. The summed E-state index contributed by atoms with van der Waals surface area (Å²) in [7, 11) is 0. The van der Waals surface area contributed by atoms with Gasteiger partial charge < -0.3 is 10.1 Å². The Morgan fingerprint density at radius 2 is 1.56 bits per heavy atom. The smallest absolute Gasteiger partial charge is 0.328 e. The fourth-order valence-electron chi connectivity index (χ4n) is 2.61. The molecule has 0 amide bonds. The molecule has 2 N–H and O–H groups in total. The van der Waals surface area contributed by atoms with Crippen LogP contribution in [0.25, 0.3) is 34.7 Å². The summed E-state index contributed by atoms with van der Waals surface area (Å²) < 4.78 is 0. The van der Waals surface area contributed by atoms with Crippen molar-refractivity contribution in [2.45, 2.75) is 6.92 Å². The number of H-pyrrole nitrogens is 1. The molecule has 1 aromatic heterocycles. The van der Waals surface area contributed by atoms with Crippen molar-refractivity contribution >= 4 is 18.1 Å². The van der Waals surface area contributed by atoms with E-state index in [0.717, 1.165) is 39.7 Å². The van der Waals surface area contributed by atoms with E-state index in [1.54, 1.807) is 12.4 Å². The van der Waals surface area contributed by atoms with E-state index in [2.05, 4.69) is 40.3 Å². The number of nitrogens with one attached hydrogen (secondary N) is 1. The van der Waals surface area contributed by atoms with Crippen LogP contribution in [0.2, 0.25) is 0 Å². The van der Waals surface area contributed by atoms with Gasteiger partial charge in [-0.3, -0.25) is 0 Å². The maximum Gasteiger partial charge on any atom is 0.328 e. The number of carboxylic acid groups (broad SMARTS) is 1. The number of hydrogen-bond acceptors (Lipinski definition) is 2. The predicted octanol–water partition coefficient (Wildman–Crippen LogP) is 4.87. The Bertz CT molecular complexity index is 917. The van der Waals surface area contributed by atoms with Crippen LogP contribution in [0, 0.1) is 0 Å². The Balaban J connectivity index is 1.89. The first-order valence-electron chi connectivity index (χ1n) is 7.95. The molecule has 0 aliphatic carbocycles. The Labute approximate surface area is 146 Å². The molecule has 0 atom stereocenters. The van der Waals surface area contributed by atoms with Gasteiger partial charge in [0.25, 0.3) is 0 Å². The summed E-state index contributed by atoms with van der Waals surface area (Å²) in [4.78, 5) is 18.2. The minimum atomic E-state index is -0.958. The molecular formula is C21H18N2O2. The van der Waals surface area contributed by atoms with Gasteiger partial charge in [-0.15, -0.1) is 0 Å². The van der Waals surface area contributed by atoms with E-state index in [0.29, 0.717) is 0 Å². The lowest BCUT2D eigenvalue weighted by Crippen LogP contribution is -1.87. The largest absolute Gasteiger partial charge is 0.478 e. The highest BCUT2D eigenvalue weighted by molar-refractivity contribution is 5.85. The minimum absolute atomic E-state index is 0.832. The van der Waals surface area contributed by atoms with Gasteiger partial charge in [0.15, 0.2) is 0 Å². The van der Waals surface area contributed by atoms with Crippen molar-refractivity contribution in [2.75, 3.05) is 0 Å². The Kier molecular flexibility index (Phi) is 4.90. The number of aromatic nitrogens is 2. The van der Waals surface area contributed by atoms with Gasteiger partial charge in [0.2, 0.25) is 0 Å². The zero-order valence-corrected chi connectivity index (χ0v) is 13.8. The Morgan fingerprint density at radius 3 is 2.16 bits per heavy atom. The molecule has 0 bridgehead atoms. The number of rotatable bonds is 5. The highest BCUT2D eigenvalue weighted by Gasteiger charge is 2.10. The molecule has 0 saturated heterocycles.